The molecular formula is C9H16N4O. The van der Waals surface area contributed by atoms with Crippen molar-refractivity contribution in [2.24, 2.45) is 5.92 Å². The summed E-state index contributed by atoms with van der Waals surface area (Å²) < 4.78 is 1.84. The second kappa shape index (κ2) is 4.52. The zero-order valence-electron chi connectivity index (χ0n) is 8.21. The minimum absolute atomic E-state index is 0.319. The van der Waals surface area contributed by atoms with Crippen LogP contribution in [0.1, 0.15) is 6.42 Å². The van der Waals surface area contributed by atoms with Crippen LogP contribution in [0.25, 0.3) is 0 Å². The standard InChI is InChI=1S/C9H16N4O/c14-8-9-1-3-12(7-9)5-6-13-4-2-10-11-13/h2,4,9,14H,1,3,5-8H2. The number of aliphatic hydroxyl groups excluding tert-OH is 1. The first kappa shape index (κ1) is 9.61. The van der Waals surface area contributed by atoms with Crippen LogP contribution in [0.2, 0.25) is 0 Å². The molecule has 0 bridgehead atoms. The molecule has 1 unspecified atom stereocenters. The molecule has 2 heterocycles. The van der Waals surface area contributed by atoms with Crippen molar-refractivity contribution in [1.29, 1.82) is 0 Å². The topological polar surface area (TPSA) is 54.2 Å². The first-order chi connectivity index (χ1) is 6.88. The largest absolute Gasteiger partial charge is 0.396 e. The van der Waals surface area contributed by atoms with Gasteiger partial charge in [0.05, 0.1) is 12.7 Å². The summed E-state index contributed by atoms with van der Waals surface area (Å²) in [4.78, 5) is 2.36. The van der Waals surface area contributed by atoms with Gasteiger partial charge in [-0.15, -0.1) is 5.10 Å². The van der Waals surface area contributed by atoms with E-state index in [-0.39, 0.29) is 0 Å². The average molecular weight is 196 g/mol. The van der Waals surface area contributed by atoms with E-state index in [0.717, 1.165) is 32.6 Å². The monoisotopic (exact) mass is 196 g/mol. The van der Waals surface area contributed by atoms with Crippen LogP contribution in [-0.4, -0.2) is 51.2 Å². The average Bonchev–Trinajstić information content (AvgIpc) is 2.86. The minimum Gasteiger partial charge on any atom is -0.396 e. The van der Waals surface area contributed by atoms with E-state index >= 15 is 0 Å². The summed E-state index contributed by atoms with van der Waals surface area (Å²) in [6, 6.07) is 0. The summed E-state index contributed by atoms with van der Waals surface area (Å²) in [6.07, 6.45) is 4.69. The number of hydrogen-bond acceptors (Lipinski definition) is 4. The van der Waals surface area contributed by atoms with Crippen molar-refractivity contribution in [2.75, 3.05) is 26.2 Å². The second-order valence-corrected chi connectivity index (χ2v) is 3.80. The van der Waals surface area contributed by atoms with Crippen LogP contribution >= 0.6 is 0 Å². The van der Waals surface area contributed by atoms with E-state index in [1.165, 1.54) is 0 Å². The lowest BCUT2D eigenvalue weighted by Gasteiger charge is -2.14. The summed E-state index contributed by atoms with van der Waals surface area (Å²) in [7, 11) is 0. The molecule has 78 valence electrons. The molecule has 1 aromatic heterocycles. The number of aromatic nitrogens is 3. The normalized spacial score (nSPS) is 23.1. The Balaban J connectivity index is 1.72. The Morgan fingerprint density at radius 1 is 1.43 bits per heavy atom. The minimum atomic E-state index is 0.319. The fourth-order valence-corrected chi connectivity index (χ4v) is 1.86. The van der Waals surface area contributed by atoms with Gasteiger partial charge in [0, 0.05) is 25.9 Å². The lowest BCUT2D eigenvalue weighted by atomic mass is 10.1. The van der Waals surface area contributed by atoms with E-state index in [1.807, 2.05) is 10.9 Å². The maximum atomic E-state index is 8.98. The van der Waals surface area contributed by atoms with Crippen LogP contribution in [0.15, 0.2) is 12.4 Å². The van der Waals surface area contributed by atoms with Crippen molar-refractivity contribution in [3.63, 3.8) is 0 Å². The highest BCUT2D eigenvalue weighted by Crippen LogP contribution is 2.14. The third-order valence-electron chi connectivity index (χ3n) is 2.75. The molecule has 0 saturated carbocycles. The van der Waals surface area contributed by atoms with Gasteiger partial charge < -0.3 is 10.0 Å². The van der Waals surface area contributed by atoms with Gasteiger partial charge in [-0.05, 0) is 18.9 Å². The van der Waals surface area contributed by atoms with E-state index in [9.17, 15) is 0 Å². The number of likely N-dealkylation sites (tertiary alicyclic amines) is 1. The zero-order valence-corrected chi connectivity index (χ0v) is 8.21. The maximum absolute atomic E-state index is 8.98. The van der Waals surface area contributed by atoms with Crippen molar-refractivity contribution in [1.82, 2.24) is 19.9 Å². The Bertz CT molecular complexity index is 262. The molecule has 2 rings (SSSR count). The molecule has 0 aromatic carbocycles. The van der Waals surface area contributed by atoms with Crippen molar-refractivity contribution < 1.29 is 5.11 Å². The summed E-state index contributed by atoms with van der Waals surface area (Å²) in [5.74, 6) is 0.478. The van der Waals surface area contributed by atoms with Crippen molar-refractivity contribution in [3.8, 4) is 0 Å². The highest BCUT2D eigenvalue weighted by atomic mass is 16.3. The molecule has 1 fully saturated rings. The van der Waals surface area contributed by atoms with Gasteiger partial charge >= 0.3 is 0 Å². The molecule has 14 heavy (non-hydrogen) atoms. The summed E-state index contributed by atoms with van der Waals surface area (Å²) in [5, 5.41) is 16.6. The van der Waals surface area contributed by atoms with Crippen LogP contribution in [0.4, 0.5) is 0 Å². The summed E-state index contributed by atoms with van der Waals surface area (Å²) in [5.41, 5.74) is 0. The van der Waals surface area contributed by atoms with Crippen molar-refractivity contribution in [3.05, 3.63) is 12.4 Å². The maximum Gasteiger partial charge on any atom is 0.0692 e. The molecule has 0 aliphatic carbocycles. The van der Waals surface area contributed by atoms with E-state index < -0.39 is 0 Å². The Morgan fingerprint density at radius 2 is 2.36 bits per heavy atom. The molecule has 1 aliphatic rings. The SMILES string of the molecule is OCC1CCN(CCn2ccnn2)C1. The third kappa shape index (κ3) is 2.30. The van der Waals surface area contributed by atoms with Crippen LogP contribution in [0.5, 0.6) is 0 Å². The fourth-order valence-electron chi connectivity index (χ4n) is 1.86. The first-order valence-electron chi connectivity index (χ1n) is 5.06. The van der Waals surface area contributed by atoms with E-state index in [0.29, 0.717) is 12.5 Å². The molecule has 0 spiro atoms. The Labute approximate surface area is 83.3 Å². The third-order valence-corrected chi connectivity index (χ3v) is 2.75. The number of hydrogen-bond donors (Lipinski definition) is 1. The van der Waals surface area contributed by atoms with E-state index in [2.05, 4.69) is 15.2 Å². The number of nitrogens with zero attached hydrogens (tertiary/aromatic N) is 4. The Kier molecular flexibility index (Phi) is 3.10. The van der Waals surface area contributed by atoms with Gasteiger partial charge in [0.15, 0.2) is 0 Å². The van der Waals surface area contributed by atoms with E-state index in [4.69, 9.17) is 5.11 Å². The van der Waals surface area contributed by atoms with Crippen LogP contribution in [-0.2, 0) is 6.54 Å². The van der Waals surface area contributed by atoms with E-state index in [1.54, 1.807) is 6.20 Å². The molecule has 1 aromatic rings. The van der Waals surface area contributed by atoms with Crippen LogP contribution in [0.3, 0.4) is 0 Å². The molecule has 1 atom stereocenters. The number of aliphatic hydroxyl groups is 1. The molecule has 0 amide bonds. The van der Waals surface area contributed by atoms with Gasteiger partial charge in [-0.2, -0.15) is 0 Å². The van der Waals surface area contributed by atoms with Crippen LogP contribution in [0, 0.1) is 5.92 Å². The van der Waals surface area contributed by atoms with Crippen molar-refractivity contribution in [2.45, 2.75) is 13.0 Å². The van der Waals surface area contributed by atoms with Gasteiger partial charge in [0.25, 0.3) is 0 Å². The predicted octanol–water partition coefficient (Wildman–Crippen LogP) is -0.408. The first-order valence-corrected chi connectivity index (χ1v) is 5.06. The smallest absolute Gasteiger partial charge is 0.0692 e. The summed E-state index contributed by atoms with van der Waals surface area (Å²) >= 11 is 0. The van der Waals surface area contributed by atoms with Gasteiger partial charge in [-0.1, -0.05) is 5.21 Å². The lowest BCUT2D eigenvalue weighted by molar-refractivity contribution is 0.219. The molecular weight excluding hydrogens is 180 g/mol. The molecule has 0 radical (unpaired) electrons. The fraction of sp³-hybridized carbons (Fsp3) is 0.778. The molecule has 5 heteroatoms. The molecule has 1 N–H and O–H groups in total. The molecule has 1 aliphatic heterocycles. The predicted molar refractivity (Wildman–Crippen MR) is 51.7 cm³/mol. The quantitative estimate of drug-likeness (QED) is 0.711. The van der Waals surface area contributed by atoms with Crippen LogP contribution < -0.4 is 0 Å². The summed E-state index contributed by atoms with van der Waals surface area (Å²) in [6.45, 7) is 4.32. The van der Waals surface area contributed by atoms with Gasteiger partial charge in [-0.3, -0.25) is 4.68 Å². The highest BCUT2D eigenvalue weighted by Gasteiger charge is 2.20. The van der Waals surface area contributed by atoms with Crippen molar-refractivity contribution >= 4 is 0 Å². The highest BCUT2D eigenvalue weighted by molar-refractivity contribution is 4.75. The zero-order chi connectivity index (χ0) is 9.80. The Hall–Kier alpha value is -0.940. The number of rotatable bonds is 4. The van der Waals surface area contributed by atoms with Gasteiger partial charge in [0.1, 0.15) is 0 Å². The van der Waals surface area contributed by atoms with Gasteiger partial charge in [-0.25, -0.2) is 0 Å². The lowest BCUT2D eigenvalue weighted by Crippen LogP contribution is -2.26. The second-order valence-electron chi connectivity index (χ2n) is 3.80. The Morgan fingerprint density at radius 3 is 3.00 bits per heavy atom. The molecule has 1 saturated heterocycles. The molecule has 5 nitrogen and oxygen atoms in total. The van der Waals surface area contributed by atoms with Gasteiger partial charge in [0.2, 0.25) is 0 Å².